The van der Waals surface area contributed by atoms with Crippen molar-refractivity contribution >= 4 is 40.0 Å². The highest BCUT2D eigenvalue weighted by Crippen LogP contribution is 2.24. The van der Waals surface area contributed by atoms with Crippen LogP contribution >= 0.6 is 11.6 Å². The quantitative estimate of drug-likeness (QED) is 0.528. The number of rotatable bonds is 4. The molecular weight excluding hydrogens is 416 g/mol. The van der Waals surface area contributed by atoms with Gasteiger partial charge in [0.05, 0.1) is 27.5 Å². The van der Waals surface area contributed by atoms with Gasteiger partial charge in [0.1, 0.15) is 0 Å². The number of halogens is 1. The lowest BCUT2D eigenvalue weighted by Gasteiger charge is -2.12. The summed E-state index contributed by atoms with van der Waals surface area (Å²) in [6.45, 7) is 1.77. The van der Waals surface area contributed by atoms with Crippen molar-refractivity contribution in [2.24, 2.45) is 0 Å². The number of fused-ring (bicyclic) bond motifs is 1. The molecule has 31 heavy (non-hydrogen) atoms. The molecule has 156 valence electrons. The van der Waals surface area contributed by atoms with Gasteiger partial charge in [-0.05, 0) is 49.4 Å². The van der Waals surface area contributed by atoms with Gasteiger partial charge in [0, 0.05) is 31.4 Å². The second-order valence-electron chi connectivity index (χ2n) is 7.13. The molecule has 0 atom stereocenters. The van der Waals surface area contributed by atoms with Crippen molar-refractivity contribution in [1.82, 2.24) is 24.9 Å². The third kappa shape index (κ3) is 3.85. The Morgan fingerprint density at radius 1 is 1.10 bits per heavy atom. The molecule has 2 aromatic carbocycles. The zero-order valence-electron chi connectivity index (χ0n) is 17.1. The van der Waals surface area contributed by atoms with E-state index in [-0.39, 0.29) is 16.6 Å². The zero-order valence-corrected chi connectivity index (χ0v) is 17.9. The lowest BCUT2D eigenvalue weighted by atomic mass is 10.1. The number of nitrogens with one attached hydrogen (secondary N) is 1. The summed E-state index contributed by atoms with van der Waals surface area (Å²) in [5, 5.41) is 12.2. The molecule has 0 spiro atoms. The van der Waals surface area contributed by atoms with Crippen LogP contribution in [0.3, 0.4) is 0 Å². The van der Waals surface area contributed by atoms with Crippen LogP contribution in [0.5, 0.6) is 0 Å². The van der Waals surface area contributed by atoms with Gasteiger partial charge in [-0.1, -0.05) is 22.9 Å². The normalized spacial score (nSPS) is 10.8. The molecule has 9 heteroatoms. The number of hydrogen-bond donors (Lipinski definition) is 1. The zero-order chi connectivity index (χ0) is 22.1. The lowest BCUT2D eigenvalue weighted by molar-refractivity contribution is 0.0827. The van der Waals surface area contributed by atoms with Gasteiger partial charge in [-0.25, -0.2) is 4.68 Å². The van der Waals surface area contributed by atoms with Crippen molar-refractivity contribution in [3.05, 3.63) is 76.7 Å². The van der Waals surface area contributed by atoms with Crippen LogP contribution in [0.4, 0.5) is 5.69 Å². The minimum Gasteiger partial charge on any atom is -0.345 e. The van der Waals surface area contributed by atoms with Crippen LogP contribution in [0.15, 0.2) is 54.7 Å². The molecule has 2 aromatic heterocycles. The summed E-state index contributed by atoms with van der Waals surface area (Å²) in [6, 6.07) is 14.2. The summed E-state index contributed by atoms with van der Waals surface area (Å²) in [5.74, 6) is -0.642. The number of carbonyl (C=O) groups excluding carboxylic acids is 2. The first kappa shape index (κ1) is 20.5. The van der Waals surface area contributed by atoms with Gasteiger partial charge in [0.25, 0.3) is 11.8 Å². The Morgan fingerprint density at radius 2 is 1.90 bits per heavy atom. The maximum absolute atomic E-state index is 12.8. The number of benzene rings is 2. The van der Waals surface area contributed by atoms with E-state index in [2.05, 4.69) is 20.6 Å². The average Bonchev–Trinajstić information content (AvgIpc) is 3.14. The first-order chi connectivity index (χ1) is 14.9. The van der Waals surface area contributed by atoms with E-state index in [9.17, 15) is 9.59 Å². The van der Waals surface area contributed by atoms with E-state index in [1.54, 1.807) is 44.0 Å². The SMILES string of the molecule is Cc1c(C(=O)Nc2ccc(C(=O)N(C)C)c(Cl)c2)nnn1-c1cccc2ncccc12. The Labute approximate surface area is 183 Å². The first-order valence-electron chi connectivity index (χ1n) is 9.46. The van der Waals surface area contributed by atoms with E-state index < -0.39 is 5.91 Å². The van der Waals surface area contributed by atoms with E-state index >= 15 is 0 Å². The average molecular weight is 435 g/mol. The van der Waals surface area contributed by atoms with E-state index in [4.69, 9.17) is 11.6 Å². The highest BCUT2D eigenvalue weighted by Gasteiger charge is 2.20. The van der Waals surface area contributed by atoms with Crippen molar-refractivity contribution in [3.8, 4) is 5.69 Å². The summed E-state index contributed by atoms with van der Waals surface area (Å²) >= 11 is 6.23. The monoisotopic (exact) mass is 434 g/mol. The maximum atomic E-state index is 12.8. The largest absolute Gasteiger partial charge is 0.345 e. The van der Waals surface area contributed by atoms with Crippen LogP contribution in [0, 0.1) is 6.92 Å². The predicted molar refractivity (Wildman–Crippen MR) is 119 cm³/mol. The molecule has 0 bridgehead atoms. The van der Waals surface area contributed by atoms with Crippen LogP contribution in [0.25, 0.3) is 16.6 Å². The maximum Gasteiger partial charge on any atom is 0.278 e. The fourth-order valence-electron chi connectivity index (χ4n) is 3.24. The van der Waals surface area contributed by atoms with Crippen molar-refractivity contribution in [2.45, 2.75) is 6.92 Å². The van der Waals surface area contributed by atoms with Gasteiger partial charge in [0.15, 0.2) is 5.69 Å². The van der Waals surface area contributed by atoms with Crippen LogP contribution in [0.2, 0.25) is 5.02 Å². The summed E-state index contributed by atoms with van der Waals surface area (Å²) in [7, 11) is 3.29. The summed E-state index contributed by atoms with van der Waals surface area (Å²) < 4.78 is 1.62. The van der Waals surface area contributed by atoms with Gasteiger partial charge >= 0.3 is 0 Å². The highest BCUT2D eigenvalue weighted by atomic mass is 35.5. The third-order valence-corrected chi connectivity index (χ3v) is 5.14. The highest BCUT2D eigenvalue weighted by molar-refractivity contribution is 6.34. The number of pyridine rings is 1. The molecule has 2 amide bonds. The fraction of sp³-hybridized carbons (Fsp3) is 0.136. The van der Waals surface area contributed by atoms with Gasteiger partial charge in [-0.2, -0.15) is 0 Å². The van der Waals surface area contributed by atoms with Gasteiger partial charge in [-0.15, -0.1) is 5.10 Å². The number of carbonyl (C=O) groups is 2. The van der Waals surface area contributed by atoms with Gasteiger partial charge in [0.2, 0.25) is 0 Å². The van der Waals surface area contributed by atoms with Gasteiger partial charge < -0.3 is 10.2 Å². The number of anilines is 1. The molecule has 0 radical (unpaired) electrons. The lowest BCUT2D eigenvalue weighted by Crippen LogP contribution is -2.22. The molecule has 4 rings (SSSR count). The molecule has 0 aliphatic heterocycles. The number of nitrogens with zero attached hydrogens (tertiary/aromatic N) is 5. The Morgan fingerprint density at radius 3 is 2.65 bits per heavy atom. The molecule has 8 nitrogen and oxygen atoms in total. The number of aromatic nitrogens is 4. The number of amides is 2. The second-order valence-corrected chi connectivity index (χ2v) is 7.54. The fourth-order valence-corrected chi connectivity index (χ4v) is 3.50. The Balaban J connectivity index is 1.62. The van der Waals surface area contributed by atoms with Crippen molar-refractivity contribution in [3.63, 3.8) is 0 Å². The minimum atomic E-state index is -0.426. The van der Waals surface area contributed by atoms with E-state index in [1.807, 2.05) is 30.3 Å². The van der Waals surface area contributed by atoms with Crippen LogP contribution in [-0.4, -0.2) is 50.8 Å². The van der Waals surface area contributed by atoms with Crippen LogP contribution in [-0.2, 0) is 0 Å². The predicted octanol–water partition coefficient (Wildman–Crippen LogP) is 3.73. The second kappa shape index (κ2) is 8.16. The molecule has 4 aromatic rings. The molecule has 2 heterocycles. The molecule has 1 N–H and O–H groups in total. The Kier molecular flexibility index (Phi) is 5.39. The molecule has 0 fully saturated rings. The molecule has 0 aliphatic rings. The molecular formula is C22H19ClN6O2. The minimum absolute atomic E-state index is 0.186. The molecule has 0 saturated carbocycles. The van der Waals surface area contributed by atoms with E-state index in [0.717, 1.165) is 16.6 Å². The van der Waals surface area contributed by atoms with Crippen molar-refractivity contribution in [1.29, 1.82) is 0 Å². The third-order valence-electron chi connectivity index (χ3n) is 4.82. The Hall–Kier alpha value is -3.78. The van der Waals surface area contributed by atoms with Crippen LogP contribution in [0.1, 0.15) is 26.5 Å². The van der Waals surface area contributed by atoms with Crippen molar-refractivity contribution in [2.75, 3.05) is 19.4 Å². The summed E-state index contributed by atoms with van der Waals surface area (Å²) in [5.41, 5.74) is 3.18. The smallest absolute Gasteiger partial charge is 0.278 e. The number of hydrogen-bond acceptors (Lipinski definition) is 5. The standard InChI is InChI=1S/C22H19ClN6O2/c1-13-20(21(30)25-14-9-10-15(17(23)12-14)22(31)28(2)3)26-27-29(13)19-8-4-7-18-16(19)6-5-11-24-18/h4-12H,1-3H3,(H,25,30). The first-order valence-corrected chi connectivity index (χ1v) is 9.83. The summed E-state index contributed by atoms with van der Waals surface area (Å²) in [6.07, 6.45) is 1.72. The molecule has 0 unspecified atom stereocenters. The van der Waals surface area contributed by atoms with Gasteiger partial charge in [-0.3, -0.25) is 14.6 Å². The van der Waals surface area contributed by atoms with E-state index in [1.165, 1.54) is 11.0 Å². The van der Waals surface area contributed by atoms with E-state index in [0.29, 0.717) is 16.9 Å². The topological polar surface area (TPSA) is 93.0 Å². The molecule has 0 saturated heterocycles. The molecule has 0 aliphatic carbocycles. The van der Waals surface area contributed by atoms with Crippen molar-refractivity contribution < 1.29 is 9.59 Å². The summed E-state index contributed by atoms with van der Waals surface area (Å²) in [4.78, 5) is 30.7. The van der Waals surface area contributed by atoms with Crippen LogP contribution < -0.4 is 5.32 Å². The Bertz CT molecular complexity index is 1310.